The topological polar surface area (TPSA) is 85.7 Å². The predicted octanol–water partition coefficient (Wildman–Crippen LogP) is 4.79. The molecule has 1 unspecified atom stereocenters. The van der Waals surface area contributed by atoms with Crippen molar-refractivity contribution in [2.75, 3.05) is 18.4 Å². The van der Waals surface area contributed by atoms with E-state index < -0.39 is 11.7 Å². The van der Waals surface area contributed by atoms with E-state index in [2.05, 4.69) is 24.3 Å². The van der Waals surface area contributed by atoms with E-state index in [9.17, 15) is 9.59 Å². The van der Waals surface area contributed by atoms with Crippen LogP contribution in [-0.4, -0.2) is 45.6 Å². The van der Waals surface area contributed by atoms with E-state index in [0.717, 1.165) is 11.3 Å². The summed E-state index contributed by atoms with van der Waals surface area (Å²) in [7, 11) is 0. The summed E-state index contributed by atoms with van der Waals surface area (Å²) in [6, 6.07) is 11.6. The summed E-state index contributed by atoms with van der Waals surface area (Å²) >= 11 is 0. The van der Waals surface area contributed by atoms with Crippen molar-refractivity contribution in [3.63, 3.8) is 0 Å². The molecule has 8 heteroatoms. The highest BCUT2D eigenvalue weighted by Gasteiger charge is 2.59. The van der Waals surface area contributed by atoms with E-state index >= 15 is 0 Å². The molecule has 0 spiro atoms. The molecule has 1 N–H and O–H groups in total. The van der Waals surface area contributed by atoms with Gasteiger partial charge in [0.15, 0.2) is 5.82 Å². The number of amides is 2. The average molecular weight is 441 g/mol. The van der Waals surface area contributed by atoms with E-state index in [1.165, 1.54) is 0 Å². The summed E-state index contributed by atoms with van der Waals surface area (Å²) in [6.45, 7) is 11.4. The quantitative estimate of drug-likeness (QED) is 0.722. The third-order valence-electron chi connectivity index (χ3n) is 5.88. The van der Waals surface area contributed by atoms with Crippen LogP contribution in [-0.2, 0) is 16.1 Å². The highest BCUT2D eigenvalue weighted by molar-refractivity contribution is 5.83. The Balaban J connectivity index is 1.36. The molecule has 1 aliphatic carbocycles. The lowest BCUT2D eigenvalue weighted by molar-refractivity contribution is 0.0270. The van der Waals surface area contributed by atoms with Crippen molar-refractivity contribution in [3.05, 3.63) is 47.7 Å². The Morgan fingerprint density at radius 1 is 1.16 bits per heavy atom. The Morgan fingerprint density at radius 3 is 2.41 bits per heavy atom. The Bertz CT molecular complexity index is 968. The molecule has 2 aromatic rings. The van der Waals surface area contributed by atoms with Gasteiger partial charge in [0, 0.05) is 36.8 Å². The van der Waals surface area contributed by atoms with Crippen molar-refractivity contribution in [2.24, 2.45) is 11.8 Å². The fourth-order valence-electron chi connectivity index (χ4n) is 4.44. The highest BCUT2D eigenvalue weighted by atomic mass is 16.6. The number of anilines is 1. The molecular formula is C24H32N4O4. The minimum absolute atomic E-state index is 0.157. The van der Waals surface area contributed by atoms with Crippen LogP contribution in [0.15, 0.2) is 36.4 Å². The van der Waals surface area contributed by atoms with Gasteiger partial charge in [-0.2, -0.15) is 5.10 Å². The van der Waals surface area contributed by atoms with E-state index in [4.69, 9.17) is 9.47 Å². The number of nitrogens with one attached hydrogen (secondary N) is 1. The minimum atomic E-state index is -0.527. The number of piperidine rings is 1. The maximum absolute atomic E-state index is 12.4. The van der Waals surface area contributed by atoms with Gasteiger partial charge in [-0.1, -0.05) is 30.3 Å². The molecule has 32 heavy (non-hydrogen) atoms. The smallest absolute Gasteiger partial charge is 0.413 e. The Morgan fingerprint density at radius 2 is 1.81 bits per heavy atom. The van der Waals surface area contributed by atoms with Crippen LogP contribution in [0.5, 0.6) is 0 Å². The standard InChI is InChI=1S/C24H32N4O4/c1-15(2)28-19(21-17-12-27(13-18(17)21)23(30)32-24(3,4)5)11-20(26-28)25-22(29)31-14-16-9-7-6-8-10-16/h6-11,15,17-18,21H,12-14H2,1-5H3,(H,25,26,29)/t17-,18+,21?. The van der Waals surface area contributed by atoms with Crippen LogP contribution >= 0.6 is 0 Å². The van der Waals surface area contributed by atoms with Gasteiger partial charge in [-0.3, -0.25) is 10.00 Å². The number of carbonyl (C=O) groups excluding carboxylic acids is 2. The molecule has 8 nitrogen and oxygen atoms in total. The molecule has 1 saturated carbocycles. The van der Waals surface area contributed by atoms with Crippen molar-refractivity contribution in [2.45, 2.75) is 58.8 Å². The lowest BCUT2D eigenvalue weighted by Gasteiger charge is -2.26. The summed E-state index contributed by atoms with van der Waals surface area (Å²) in [5.41, 5.74) is 1.53. The molecule has 2 fully saturated rings. The Hall–Kier alpha value is -3.03. The monoisotopic (exact) mass is 440 g/mol. The van der Waals surface area contributed by atoms with Crippen LogP contribution in [0.1, 0.15) is 57.8 Å². The number of aromatic nitrogens is 2. The van der Waals surface area contributed by atoms with Crippen LogP contribution in [0.2, 0.25) is 0 Å². The third kappa shape index (κ3) is 4.89. The molecule has 1 aromatic heterocycles. The van der Waals surface area contributed by atoms with Crippen LogP contribution < -0.4 is 5.32 Å². The lowest BCUT2D eigenvalue weighted by atomic mass is 10.2. The second-order valence-corrected chi connectivity index (χ2v) is 9.92. The number of ether oxygens (including phenoxy) is 2. The van der Waals surface area contributed by atoms with Gasteiger partial charge >= 0.3 is 12.2 Å². The van der Waals surface area contributed by atoms with Crippen LogP contribution in [0, 0.1) is 11.8 Å². The fourth-order valence-corrected chi connectivity index (χ4v) is 4.44. The largest absolute Gasteiger partial charge is 0.444 e. The fraction of sp³-hybridized carbons (Fsp3) is 0.542. The first-order valence-electron chi connectivity index (χ1n) is 11.2. The summed E-state index contributed by atoms with van der Waals surface area (Å²) < 4.78 is 12.8. The average Bonchev–Trinajstić information content (AvgIpc) is 3.05. The molecule has 3 atom stereocenters. The summed E-state index contributed by atoms with van der Waals surface area (Å²) in [4.78, 5) is 26.4. The van der Waals surface area contributed by atoms with Gasteiger partial charge in [-0.25, -0.2) is 9.59 Å². The van der Waals surface area contributed by atoms with Gasteiger partial charge in [0.2, 0.25) is 0 Å². The Kier molecular flexibility index (Phi) is 5.88. The highest BCUT2D eigenvalue weighted by Crippen LogP contribution is 2.58. The zero-order chi connectivity index (χ0) is 23.0. The molecule has 1 aliphatic heterocycles. The van der Waals surface area contributed by atoms with Gasteiger partial charge in [0.1, 0.15) is 12.2 Å². The van der Waals surface area contributed by atoms with Crippen LogP contribution in [0.4, 0.5) is 15.4 Å². The molecule has 172 valence electrons. The molecule has 4 rings (SSSR count). The lowest BCUT2D eigenvalue weighted by Crippen LogP contribution is -2.37. The molecule has 0 radical (unpaired) electrons. The number of hydrogen-bond acceptors (Lipinski definition) is 5. The third-order valence-corrected chi connectivity index (χ3v) is 5.88. The molecule has 2 aliphatic rings. The first-order valence-corrected chi connectivity index (χ1v) is 11.2. The Labute approximate surface area is 188 Å². The number of hydrogen-bond donors (Lipinski definition) is 1. The van der Waals surface area contributed by atoms with Gasteiger partial charge in [-0.15, -0.1) is 0 Å². The second-order valence-electron chi connectivity index (χ2n) is 9.92. The molecule has 2 amide bonds. The van der Waals surface area contributed by atoms with E-state index in [1.54, 1.807) is 4.90 Å². The number of rotatable bonds is 5. The number of nitrogens with zero attached hydrogens (tertiary/aromatic N) is 3. The summed E-state index contributed by atoms with van der Waals surface area (Å²) in [5.74, 6) is 1.62. The van der Waals surface area contributed by atoms with Gasteiger partial charge in [-0.05, 0) is 52.0 Å². The first kappa shape index (κ1) is 22.2. The number of carbonyl (C=O) groups is 2. The molecule has 0 bridgehead atoms. The van der Waals surface area contributed by atoms with E-state index in [1.807, 2.05) is 61.9 Å². The van der Waals surface area contributed by atoms with Crippen LogP contribution in [0.25, 0.3) is 0 Å². The first-order chi connectivity index (χ1) is 15.1. The molecule has 2 heterocycles. The van der Waals surface area contributed by atoms with Gasteiger partial charge in [0.05, 0.1) is 0 Å². The van der Waals surface area contributed by atoms with Crippen molar-refractivity contribution < 1.29 is 19.1 Å². The maximum Gasteiger partial charge on any atom is 0.413 e. The van der Waals surface area contributed by atoms with Crippen molar-refractivity contribution in [1.82, 2.24) is 14.7 Å². The molecular weight excluding hydrogens is 408 g/mol. The van der Waals surface area contributed by atoms with E-state index in [0.29, 0.717) is 36.7 Å². The predicted molar refractivity (Wildman–Crippen MR) is 120 cm³/mol. The second kappa shape index (κ2) is 8.48. The summed E-state index contributed by atoms with van der Waals surface area (Å²) in [5, 5.41) is 7.35. The molecule has 1 saturated heterocycles. The van der Waals surface area contributed by atoms with Gasteiger partial charge in [0.25, 0.3) is 0 Å². The zero-order valence-electron chi connectivity index (χ0n) is 19.4. The number of benzene rings is 1. The maximum atomic E-state index is 12.4. The number of likely N-dealkylation sites (tertiary alicyclic amines) is 1. The van der Waals surface area contributed by atoms with Crippen molar-refractivity contribution in [3.8, 4) is 0 Å². The SMILES string of the molecule is CC(C)n1nc(NC(=O)OCc2ccccc2)cc1C1[C@H]2CN(C(=O)OC(C)(C)C)C[C@@H]12. The normalized spacial score (nSPS) is 21.9. The van der Waals surface area contributed by atoms with Crippen molar-refractivity contribution in [1.29, 1.82) is 0 Å². The zero-order valence-corrected chi connectivity index (χ0v) is 19.4. The number of fused-ring (bicyclic) bond motifs is 1. The molecule has 1 aromatic carbocycles. The minimum Gasteiger partial charge on any atom is -0.444 e. The van der Waals surface area contributed by atoms with Crippen LogP contribution in [0.3, 0.4) is 0 Å². The van der Waals surface area contributed by atoms with E-state index in [-0.39, 0.29) is 18.7 Å². The van der Waals surface area contributed by atoms with Gasteiger partial charge < -0.3 is 14.4 Å². The summed E-state index contributed by atoms with van der Waals surface area (Å²) in [6.07, 6.45) is -0.773. The van der Waals surface area contributed by atoms with Crippen molar-refractivity contribution >= 4 is 18.0 Å².